The van der Waals surface area contributed by atoms with Crippen LogP contribution in [-0.2, 0) is 4.79 Å². The van der Waals surface area contributed by atoms with Gasteiger partial charge in [0.05, 0.1) is 12.2 Å². The number of piperazine rings is 1. The summed E-state index contributed by atoms with van der Waals surface area (Å²) in [7, 11) is 0. The number of hydrogen-bond acceptors (Lipinski definition) is 5. The lowest BCUT2D eigenvalue weighted by Gasteiger charge is -2.35. The Morgan fingerprint density at radius 3 is 2.25 bits per heavy atom. The Morgan fingerprint density at radius 1 is 0.750 bits per heavy atom. The topological polar surface area (TPSA) is 52.6 Å². The third-order valence-electron chi connectivity index (χ3n) is 6.43. The SMILES string of the molecule is O=C(CN1CCN(c2cc(-c3cccc(-c4ccccc4)c3)ncn2)CC1)N1CCCC1. The molecule has 3 aromatic rings. The maximum atomic E-state index is 12.4. The Hall–Kier alpha value is -3.25. The molecule has 0 aliphatic carbocycles. The van der Waals surface area contributed by atoms with Gasteiger partial charge >= 0.3 is 0 Å². The van der Waals surface area contributed by atoms with E-state index in [0.717, 1.165) is 69.2 Å². The maximum Gasteiger partial charge on any atom is 0.236 e. The monoisotopic (exact) mass is 427 g/mol. The fourth-order valence-electron chi connectivity index (χ4n) is 4.56. The third-order valence-corrected chi connectivity index (χ3v) is 6.43. The Kier molecular flexibility index (Phi) is 6.12. The van der Waals surface area contributed by atoms with Crippen LogP contribution in [0.4, 0.5) is 5.82 Å². The highest BCUT2D eigenvalue weighted by Gasteiger charge is 2.24. The van der Waals surface area contributed by atoms with Gasteiger partial charge in [-0.1, -0.05) is 48.5 Å². The summed E-state index contributed by atoms with van der Waals surface area (Å²) in [6.07, 6.45) is 3.94. The van der Waals surface area contributed by atoms with Gasteiger partial charge in [0.15, 0.2) is 0 Å². The minimum Gasteiger partial charge on any atom is -0.354 e. The van der Waals surface area contributed by atoms with Crippen molar-refractivity contribution in [3.63, 3.8) is 0 Å². The van der Waals surface area contributed by atoms with Crippen molar-refractivity contribution >= 4 is 11.7 Å². The Balaban J connectivity index is 1.25. The largest absolute Gasteiger partial charge is 0.354 e. The number of rotatable bonds is 5. The van der Waals surface area contributed by atoms with Crippen molar-refractivity contribution in [3.8, 4) is 22.4 Å². The summed E-state index contributed by atoms with van der Waals surface area (Å²) in [5.41, 5.74) is 4.40. The van der Waals surface area contributed by atoms with Crippen LogP contribution in [0.1, 0.15) is 12.8 Å². The van der Waals surface area contributed by atoms with Crippen LogP contribution in [0, 0.1) is 0 Å². The molecule has 2 fully saturated rings. The molecule has 0 N–H and O–H groups in total. The van der Waals surface area contributed by atoms with Gasteiger partial charge < -0.3 is 9.80 Å². The first kappa shape index (κ1) is 20.6. The second kappa shape index (κ2) is 9.49. The molecule has 164 valence electrons. The summed E-state index contributed by atoms with van der Waals surface area (Å²) >= 11 is 0. The van der Waals surface area contributed by atoms with E-state index in [1.54, 1.807) is 6.33 Å². The lowest BCUT2D eigenvalue weighted by atomic mass is 10.0. The minimum absolute atomic E-state index is 0.276. The molecule has 2 aromatic carbocycles. The van der Waals surface area contributed by atoms with Crippen LogP contribution in [0.25, 0.3) is 22.4 Å². The molecule has 0 atom stereocenters. The molecule has 0 unspecified atom stereocenters. The van der Waals surface area contributed by atoms with Crippen LogP contribution in [-0.4, -0.2) is 71.5 Å². The first-order valence-corrected chi connectivity index (χ1v) is 11.5. The summed E-state index contributed by atoms with van der Waals surface area (Å²) in [6, 6.07) is 21.0. The molecule has 0 radical (unpaired) electrons. The average Bonchev–Trinajstić information content (AvgIpc) is 3.41. The van der Waals surface area contributed by atoms with Crippen LogP contribution in [0.15, 0.2) is 67.0 Å². The van der Waals surface area contributed by atoms with Gasteiger partial charge in [0.2, 0.25) is 5.91 Å². The number of hydrogen-bond donors (Lipinski definition) is 0. The normalized spacial score (nSPS) is 17.0. The number of benzene rings is 2. The zero-order chi connectivity index (χ0) is 21.8. The van der Waals surface area contributed by atoms with E-state index in [4.69, 9.17) is 0 Å². The zero-order valence-corrected chi connectivity index (χ0v) is 18.4. The standard InChI is InChI=1S/C26H29N5O/c32-26(31-11-4-5-12-31)19-29-13-15-30(16-14-29)25-18-24(27-20-28-25)23-10-6-9-22(17-23)21-7-2-1-3-8-21/h1-3,6-10,17-18,20H,4-5,11-16,19H2. The maximum absolute atomic E-state index is 12.4. The van der Waals surface area contributed by atoms with E-state index in [0.29, 0.717) is 6.54 Å². The molecule has 0 saturated carbocycles. The van der Waals surface area contributed by atoms with Gasteiger partial charge in [0.1, 0.15) is 12.1 Å². The van der Waals surface area contributed by atoms with Crippen molar-refractivity contribution in [2.75, 3.05) is 50.7 Å². The van der Waals surface area contributed by atoms with E-state index in [2.05, 4.69) is 74.4 Å². The van der Waals surface area contributed by atoms with Crippen LogP contribution >= 0.6 is 0 Å². The van der Waals surface area contributed by atoms with E-state index >= 15 is 0 Å². The summed E-state index contributed by atoms with van der Waals surface area (Å²) in [4.78, 5) is 28.1. The van der Waals surface area contributed by atoms with E-state index < -0.39 is 0 Å². The summed E-state index contributed by atoms with van der Waals surface area (Å²) in [5, 5.41) is 0. The number of amides is 1. The highest BCUT2D eigenvalue weighted by molar-refractivity contribution is 5.78. The predicted molar refractivity (Wildman–Crippen MR) is 127 cm³/mol. The van der Waals surface area contributed by atoms with E-state index in [9.17, 15) is 4.79 Å². The van der Waals surface area contributed by atoms with Crippen molar-refractivity contribution in [2.24, 2.45) is 0 Å². The van der Waals surface area contributed by atoms with Crippen molar-refractivity contribution in [3.05, 3.63) is 67.0 Å². The molecule has 2 aliphatic rings. The van der Waals surface area contributed by atoms with E-state index in [1.807, 2.05) is 11.0 Å². The summed E-state index contributed by atoms with van der Waals surface area (Å²) in [5.74, 6) is 1.23. The molecular formula is C26H29N5O. The van der Waals surface area contributed by atoms with E-state index in [-0.39, 0.29) is 5.91 Å². The highest BCUT2D eigenvalue weighted by atomic mass is 16.2. The Bertz CT molecular complexity index is 1060. The molecule has 0 spiro atoms. The van der Waals surface area contributed by atoms with Gasteiger partial charge in [-0.15, -0.1) is 0 Å². The second-order valence-electron chi connectivity index (χ2n) is 8.56. The number of carbonyl (C=O) groups is 1. The van der Waals surface area contributed by atoms with Crippen LogP contribution in [0.5, 0.6) is 0 Å². The molecule has 3 heterocycles. The predicted octanol–water partition coefficient (Wildman–Crippen LogP) is 3.56. The second-order valence-corrected chi connectivity index (χ2v) is 8.56. The zero-order valence-electron chi connectivity index (χ0n) is 18.4. The molecule has 32 heavy (non-hydrogen) atoms. The van der Waals surface area contributed by atoms with E-state index in [1.165, 1.54) is 11.1 Å². The van der Waals surface area contributed by atoms with Crippen molar-refractivity contribution in [1.82, 2.24) is 19.8 Å². The van der Waals surface area contributed by atoms with Crippen molar-refractivity contribution in [1.29, 1.82) is 0 Å². The molecule has 1 aromatic heterocycles. The molecule has 2 aliphatic heterocycles. The van der Waals surface area contributed by atoms with Crippen molar-refractivity contribution in [2.45, 2.75) is 12.8 Å². The fourth-order valence-corrected chi connectivity index (χ4v) is 4.56. The first-order chi connectivity index (χ1) is 15.8. The lowest BCUT2D eigenvalue weighted by molar-refractivity contribution is -0.131. The van der Waals surface area contributed by atoms with Gasteiger partial charge in [-0.25, -0.2) is 9.97 Å². The average molecular weight is 428 g/mol. The smallest absolute Gasteiger partial charge is 0.236 e. The molecular weight excluding hydrogens is 398 g/mol. The van der Waals surface area contributed by atoms with Crippen LogP contribution in [0.3, 0.4) is 0 Å². The summed E-state index contributed by atoms with van der Waals surface area (Å²) in [6.45, 7) is 5.88. The van der Waals surface area contributed by atoms with Gasteiger partial charge in [-0.2, -0.15) is 0 Å². The molecule has 0 bridgehead atoms. The molecule has 1 amide bonds. The minimum atomic E-state index is 0.276. The Labute approximate surface area is 189 Å². The number of likely N-dealkylation sites (tertiary alicyclic amines) is 1. The number of carbonyl (C=O) groups excluding carboxylic acids is 1. The number of nitrogens with zero attached hydrogens (tertiary/aromatic N) is 5. The summed E-state index contributed by atoms with van der Waals surface area (Å²) < 4.78 is 0. The molecule has 2 saturated heterocycles. The molecule has 5 rings (SSSR count). The fraction of sp³-hybridized carbons (Fsp3) is 0.346. The highest BCUT2D eigenvalue weighted by Crippen LogP contribution is 2.27. The van der Waals surface area contributed by atoms with Gasteiger partial charge in [0, 0.05) is 50.9 Å². The lowest BCUT2D eigenvalue weighted by Crippen LogP contribution is -2.50. The number of aromatic nitrogens is 2. The molecule has 6 nitrogen and oxygen atoms in total. The van der Waals surface area contributed by atoms with Crippen LogP contribution in [0.2, 0.25) is 0 Å². The van der Waals surface area contributed by atoms with Crippen molar-refractivity contribution < 1.29 is 4.79 Å². The Morgan fingerprint density at radius 2 is 1.47 bits per heavy atom. The van der Waals surface area contributed by atoms with Gasteiger partial charge in [0.25, 0.3) is 0 Å². The quantitative estimate of drug-likeness (QED) is 0.623. The van der Waals surface area contributed by atoms with Gasteiger partial charge in [-0.3, -0.25) is 9.69 Å². The first-order valence-electron chi connectivity index (χ1n) is 11.5. The van der Waals surface area contributed by atoms with Crippen LogP contribution < -0.4 is 4.90 Å². The number of anilines is 1. The van der Waals surface area contributed by atoms with Gasteiger partial charge in [-0.05, 0) is 30.0 Å². The third kappa shape index (κ3) is 4.65. The molecule has 6 heteroatoms.